The lowest BCUT2D eigenvalue weighted by molar-refractivity contribution is 0.418. The normalized spacial score (nSPS) is 12.3. The molecular formula is C12H19NO2S. The van der Waals surface area contributed by atoms with Crippen LogP contribution in [-0.2, 0) is 16.6 Å². The van der Waals surface area contributed by atoms with Gasteiger partial charge in [0.15, 0.2) is 0 Å². The first-order valence-corrected chi connectivity index (χ1v) is 7.01. The zero-order valence-corrected chi connectivity index (χ0v) is 10.9. The molecule has 90 valence electrons. The van der Waals surface area contributed by atoms with E-state index in [0.29, 0.717) is 13.1 Å². The summed E-state index contributed by atoms with van der Waals surface area (Å²) in [5.41, 5.74) is 1.02. The summed E-state index contributed by atoms with van der Waals surface area (Å²) in [6.07, 6.45) is 0. The van der Waals surface area contributed by atoms with Gasteiger partial charge < -0.3 is 0 Å². The van der Waals surface area contributed by atoms with Crippen LogP contribution in [0, 0.1) is 0 Å². The Morgan fingerprint density at radius 3 is 2.19 bits per heavy atom. The van der Waals surface area contributed by atoms with E-state index in [-0.39, 0.29) is 5.25 Å². The maximum absolute atomic E-state index is 12.0. The van der Waals surface area contributed by atoms with E-state index < -0.39 is 10.0 Å². The van der Waals surface area contributed by atoms with Crippen molar-refractivity contribution in [1.29, 1.82) is 0 Å². The molecule has 0 aliphatic rings. The summed E-state index contributed by atoms with van der Waals surface area (Å²) < 4.78 is 25.5. The molecule has 0 amide bonds. The van der Waals surface area contributed by atoms with Gasteiger partial charge in [0.05, 0.1) is 5.25 Å². The first-order chi connectivity index (χ1) is 7.48. The molecule has 0 fully saturated rings. The molecular weight excluding hydrogens is 222 g/mol. The van der Waals surface area contributed by atoms with E-state index in [2.05, 4.69) is 0 Å². The monoisotopic (exact) mass is 241 g/mol. The molecule has 0 atom stereocenters. The highest BCUT2D eigenvalue weighted by molar-refractivity contribution is 7.89. The third-order valence-corrected chi connectivity index (χ3v) is 4.81. The number of sulfonamides is 1. The molecule has 0 unspecified atom stereocenters. The van der Waals surface area contributed by atoms with Gasteiger partial charge in [-0.25, -0.2) is 8.42 Å². The maximum Gasteiger partial charge on any atom is 0.216 e. The Morgan fingerprint density at radius 1 is 1.19 bits per heavy atom. The SMILES string of the molecule is CCN(Cc1ccccc1)S(=O)(=O)C(C)C. The average molecular weight is 241 g/mol. The fourth-order valence-electron chi connectivity index (χ4n) is 1.47. The Bertz CT molecular complexity index is 412. The second-order valence-corrected chi connectivity index (χ2v) is 6.49. The second kappa shape index (κ2) is 5.46. The molecule has 0 spiro atoms. The van der Waals surface area contributed by atoms with Gasteiger partial charge in [0, 0.05) is 13.1 Å². The number of hydrogen-bond donors (Lipinski definition) is 0. The van der Waals surface area contributed by atoms with Gasteiger partial charge in [-0.1, -0.05) is 37.3 Å². The van der Waals surface area contributed by atoms with Crippen molar-refractivity contribution in [1.82, 2.24) is 4.31 Å². The fraction of sp³-hybridized carbons (Fsp3) is 0.500. The minimum Gasteiger partial charge on any atom is -0.212 e. The highest BCUT2D eigenvalue weighted by Crippen LogP contribution is 2.12. The maximum atomic E-state index is 12.0. The van der Waals surface area contributed by atoms with E-state index in [1.165, 1.54) is 4.31 Å². The Balaban J connectivity index is 2.86. The molecule has 0 N–H and O–H groups in total. The smallest absolute Gasteiger partial charge is 0.212 e. The standard InChI is InChI=1S/C12H19NO2S/c1-4-13(16(14,15)11(2)3)10-12-8-6-5-7-9-12/h5-9,11H,4,10H2,1-3H3. The van der Waals surface area contributed by atoms with E-state index in [0.717, 1.165) is 5.56 Å². The average Bonchev–Trinajstić information content (AvgIpc) is 2.26. The van der Waals surface area contributed by atoms with Crippen molar-refractivity contribution >= 4 is 10.0 Å². The van der Waals surface area contributed by atoms with Crippen molar-refractivity contribution in [2.24, 2.45) is 0 Å². The molecule has 1 aromatic rings. The summed E-state index contributed by atoms with van der Waals surface area (Å²) in [6, 6.07) is 9.66. The lowest BCUT2D eigenvalue weighted by Gasteiger charge is -2.22. The highest BCUT2D eigenvalue weighted by atomic mass is 32.2. The van der Waals surface area contributed by atoms with Gasteiger partial charge in [0.1, 0.15) is 0 Å². The molecule has 0 saturated heterocycles. The first kappa shape index (κ1) is 13.2. The molecule has 1 aromatic carbocycles. The van der Waals surface area contributed by atoms with E-state index in [1.54, 1.807) is 13.8 Å². The van der Waals surface area contributed by atoms with Gasteiger partial charge in [-0.3, -0.25) is 0 Å². The summed E-state index contributed by atoms with van der Waals surface area (Å²) in [5, 5.41) is -0.365. The molecule has 0 radical (unpaired) electrons. The summed E-state index contributed by atoms with van der Waals surface area (Å²) in [6.45, 7) is 6.25. The number of rotatable bonds is 5. The largest absolute Gasteiger partial charge is 0.216 e. The Morgan fingerprint density at radius 2 is 1.75 bits per heavy atom. The summed E-state index contributed by atoms with van der Waals surface area (Å²) in [4.78, 5) is 0. The minimum atomic E-state index is -3.15. The molecule has 0 saturated carbocycles. The van der Waals surface area contributed by atoms with Crippen LogP contribution in [0.3, 0.4) is 0 Å². The van der Waals surface area contributed by atoms with Gasteiger partial charge in [-0.15, -0.1) is 0 Å². The van der Waals surface area contributed by atoms with Crippen molar-refractivity contribution in [3.8, 4) is 0 Å². The lowest BCUT2D eigenvalue weighted by atomic mass is 10.2. The van der Waals surface area contributed by atoms with Crippen LogP contribution in [0.2, 0.25) is 0 Å². The second-order valence-electron chi connectivity index (χ2n) is 4.01. The van der Waals surface area contributed by atoms with Crippen LogP contribution < -0.4 is 0 Å². The van der Waals surface area contributed by atoms with Gasteiger partial charge in [-0.05, 0) is 19.4 Å². The minimum absolute atomic E-state index is 0.365. The number of nitrogens with zero attached hydrogens (tertiary/aromatic N) is 1. The van der Waals surface area contributed by atoms with Crippen LogP contribution in [-0.4, -0.2) is 24.5 Å². The van der Waals surface area contributed by atoms with Gasteiger partial charge in [-0.2, -0.15) is 4.31 Å². The van der Waals surface area contributed by atoms with E-state index in [9.17, 15) is 8.42 Å². The summed E-state index contributed by atoms with van der Waals surface area (Å²) in [7, 11) is -3.15. The van der Waals surface area contributed by atoms with Crippen molar-refractivity contribution in [2.45, 2.75) is 32.6 Å². The molecule has 3 nitrogen and oxygen atoms in total. The van der Waals surface area contributed by atoms with Gasteiger partial charge >= 0.3 is 0 Å². The molecule has 0 heterocycles. The zero-order chi connectivity index (χ0) is 12.2. The van der Waals surface area contributed by atoms with Crippen LogP contribution in [0.1, 0.15) is 26.3 Å². The van der Waals surface area contributed by atoms with E-state index in [4.69, 9.17) is 0 Å². The number of hydrogen-bond acceptors (Lipinski definition) is 2. The third-order valence-electron chi connectivity index (χ3n) is 2.51. The molecule has 0 aliphatic heterocycles. The van der Waals surface area contributed by atoms with Gasteiger partial charge in [0.2, 0.25) is 10.0 Å². The molecule has 0 aliphatic carbocycles. The predicted molar refractivity (Wildman–Crippen MR) is 66.6 cm³/mol. The van der Waals surface area contributed by atoms with Crippen molar-refractivity contribution < 1.29 is 8.42 Å². The van der Waals surface area contributed by atoms with Crippen LogP contribution in [0.5, 0.6) is 0 Å². The topological polar surface area (TPSA) is 37.4 Å². The van der Waals surface area contributed by atoms with E-state index in [1.807, 2.05) is 37.3 Å². The predicted octanol–water partition coefficient (Wildman–Crippen LogP) is 2.25. The highest BCUT2D eigenvalue weighted by Gasteiger charge is 2.24. The molecule has 0 aromatic heterocycles. The van der Waals surface area contributed by atoms with Crippen LogP contribution in [0.15, 0.2) is 30.3 Å². The van der Waals surface area contributed by atoms with Crippen molar-refractivity contribution in [3.63, 3.8) is 0 Å². The van der Waals surface area contributed by atoms with Gasteiger partial charge in [0.25, 0.3) is 0 Å². The lowest BCUT2D eigenvalue weighted by Crippen LogP contribution is -2.35. The Hall–Kier alpha value is -0.870. The number of benzene rings is 1. The zero-order valence-electron chi connectivity index (χ0n) is 10.1. The summed E-state index contributed by atoms with van der Waals surface area (Å²) >= 11 is 0. The molecule has 16 heavy (non-hydrogen) atoms. The molecule has 4 heteroatoms. The first-order valence-electron chi connectivity index (χ1n) is 5.51. The quantitative estimate of drug-likeness (QED) is 0.793. The Kier molecular flexibility index (Phi) is 4.50. The van der Waals surface area contributed by atoms with Crippen LogP contribution >= 0.6 is 0 Å². The van der Waals surface area contributed by atoms with Crippen LogP contribution in [0.25, 0.3) is 0 Å². The fourth-order valence-corrected chi connectivity index (χ4v) is 2.75. The van der Waals surface area contributed by atoms with Crippen molar-refractivity contribution in [2.75, 3.05) is 6.54 Å². The van der Waals surface area contributed by atoms with Crippen LogP contribution in [0.4, 0.5) is 0 Å². The Labute approximate surface area is 98.1 Å². The third kappa shape index (κ3) is 3.06. The molecule has 1 rings (SSSR count). The van der Waals surface area contributed by atoms with Crippen molar-refractivity contribution in [3.05, 3.63) is 35.9 Å². The molecule has 0 bridgehead atoms. The van der Waals surface area contributed by atoms with E-state index >= 15 is 0 Å². The summed E-state index contributed by atoms with van der Waals surface area (Å²) in [5.74, 6) is 0.